The third-order valence-electron chi connectivity index (χ3n) is 4.68. The average Bonchev–Trinajstić information content (AvgIpc) is 3.18. The molecular formula is C20H23N3O2S. The second-order valence-electron chi connectivity index (χ2n) is 6.89. The zero-order valence-electron chi connectivity index (χ0n) is 14.9. The fourth-order valence-corrected chi connectivity index (χ4v) is 4.18. The predicted molar refractivity (Wildman–Crippen MR) is 108 cm³/mol. The fourth-order valence-electron chi connectivity index (χ4n) is 3.46. The Morgan fingerprint density at radius 2 is 1.77 bits per heavy atom. The number of anilines is 1. The number of nitrogens with one attached hydrogen (secondary N) is 1. The van der Waals surface area contributed by atoms with Crippen molar-refractivity contribution in [3.05, 3.63) is 48.5 Å². The van der Waals surface area contributed by atoms with E-state index in [4.69, 9.17) is 0 Å². The van der Waals surface area contributed by atoms with Gasteiger partial charge in [0.2, 0.25) is 0 Å². The van der Waals surface area contributed by atoms with Crippen molar-refractivity contribution in [3.8, 4) is 11.3 Å². The van der Waals surface area contributed by atoms with E-state index in [0.717, 1.165) is 27.4 Å². The maximum atomic E-state index is 9.97. The highest BCUT2D eigenvalue weighted by Crippen LogP contribution is 2.37. The number of H-pyrrole nitrogens is 1. The quantitative estimate of drug-likeness (QED) is 0.617. The molecule has 3 aromatic rings. The Hall–Kier alpha value is -1.99. The van der Waals surface area contributed by atoms with Gasteiger partial charge in [-0.15, -0.1) is 0 Å². The number of aromatic amines is 1. The summed E-state index contributed by atoms with van der Waals surface area (Å²) in [7, 11) is 4.04. The number of hydrogen-bond acceptors (Lipinski definition) is 5. The van der Waals surface area contributed by atoms with Gasteiger partial charge in [0, 0.05) is 45.8 Å². The van der Waals surface area contributed by atoms with Gasteiger partial charge in [-0.3, -0.25) is 4.31 Å². The van der Waals surface area contributed by atoms with Crippen molar-refractivity contribution < 1.29 is 10.2 Å². The maximum absolute atomic E-state index is 9.97. The normalized spacial score (nSPS) is 20.4. The number of para-hydroxylation sites is 1. The minimum absolute atomic E-state index is 0.439. The van der Waals surface area contributed by atoms with Crippen LogP contribution in [0.5, 0.6) is 0 Å². The largest absolute Gasteiger partial charge is 0.389 e. The molecule has 3 N–H and O–H groups in total. The van der Waals surface area contributed by atoms with Crippen molar-refractivity contribution in [3.63, 3.8) is 0 Å². The molecule has 5 nitrogen and oxygen atoms in total. The molecule has 2 atom stereocenters. The van der Waals surface area contributed by atoms with Crippen molar-refractivity contribution in [2.75, 3.05) is 32.1 Å². The number of nitrogens with zero attached hydrogens (tertiary/aromatic N) is 2. The molecule has 0 bridgehead atoms. The van der Waals surface area contributed by atoms with Crippen LogP contribution in [-0.2, 0) is 0 Å². The Kier molecular flexibility index (Phi) is 4.67. The fraction of sp³-hybridized carbons (Fsp3) is 0.300. The van der Waals surface area contributed by atoms with Crippen LogP contribution < -0.4 is 4.90 Å². The van der Waals surface area contributed by atoms with Crippen molar-refractivity contribution in [2.45, 2.75) is 17.1 Å². The summed E-state index contributed by atoms with van der Waals surface area (Å²) >= 11 is 1.67. The van der Waals surface area contributed by atoms with Crippen molar-refractivity contribution >= 4 is 28.5 Å². The lowest BCUT2D eigenvalue weighted by Gasteiger charge is -2.22. The van der Waals surface area contributed by atoms with E-state index in [0.29, 0.717) is 13.1 Å². The van der Waals surface area contributed by atoms with Crippen molar-refractivity contribution in [1.82, 2.24) is 9.29 Å². The molecule has 1 fully saturated rings. The van der Waals surface area contributed by atoms with Gasteiger partial charge in [-0.1, -0.05) is 18.2 Å². The Labute approximate surface area is 157 Å². The molecule has 1 saturated heterocycles. The first-order valence-electron chi connectivity index (χ1n) is 8.70. The second kappa shape index (κ2) is 6.96. The highest BCUT2D eigenvalue weighted by molar-refractivity contribution is 7.97. The number of fused-ring (bicyclic) bond motifs is 1. The van der Waals surface area contributed by atoms with Gasteiger partial charge in [0.25, 0.3) is 0 Å². The van der Waals surface area contributed by atoms with Crippen molar-refractivity contribution in [2.24, 2.45) is 0 Å². The van der Waals surface area contributed by atoms with Crippen LogP contribution in [0.15, 0.2) is 53.4 Å². The van der Waals surface area contributed by atoms with Crippen LogP contribution >= 0.6 is 11.9 Å². The van der Waals surface area contributed by atoms with Crippen molar-refractivity contribution in [1.29, 1.82) is 0 Å². The monoisotopic (exact) mass is 369 g/mol. The molecule has 0 radical (unpaired) electrons. The Bertz CT molecular complexity index is 881. The van der Waals surface area contributed by atoms with E-state index in [1.54, 1.807) is 11.9 Å². The average molecular weight is 369 g/mol. The Morgan fingerprint density at radius 3 is 2.46 bits per heavy atom. The lowest BCUT2D eigenvalue weighted by Crippen LogP contribution is -2.22. The summed E-state index contributed by atoms with van der Waals surface area (Å²) in [6.45, 7) is 0.878. The molecule has 1 aliphatic rings. The lowest BCUT2D eigenvalue weighted by atomic mass is 10.1. The zero-order valence-corrected chi connectivity index (χ0v) is 15.7. The topological polar surface area (TPSA) is 62.7 Å². The van der Waals surface area contributed by atoms with E-state index in [1.165, 1.54) is 5.39 Å². The molecule has 6 heteroatoms. The third kappa shape index (κ3) is 3.33. The molecule has 2 aromatic carbocycles. The molecule has 136 valence electrons. The number of β-amino-alcohol motifs (C(OH)–C–C–N with tert-alkyl or cyclic N) is 2. The molecular weight excluding hydrogens is 346 g/mol. The molecule has 0 saturated carbocycles. The molecule has 0 amide bonds. The molecule has 1 aliphatic heterocycles. The number of rotatable bonds is 4. The number of aliphatic hydroxyl groups excluding tert-OH is 2. The second-order valence-corrected chi connectivity index (χ2v) is 8.28. The van der Waals surface area contributed by atoms with Crippen LogP contribution in [0.3, 0.4) is 0 Å². The van der Waals surface area contributed by atoms with Gasteiger partial charge in [0.15, 0.2) is 0 Å². The molecule has 0 aliphatic carbocycles. The number of benzene rings is 2. The van der Waals surface area contributed by atoms with Gasteiger partial charge in [-0.2, -0.15) is 0 Å². The number of aliphatic hydroxyl groups is 2. The van der Waals surface area contributed by atoms with Crippen LogP contribution in [0.4, 0.5) is 5.69 Å². The molecule has 0 spiro atoms. The van der Waals surface area contributed by atoms with E-state index in [9.17, 15) is 10.2 Å². The van der Waals surface area contributed by atoms with Crippen LogP contribution in [0.1, 0.15) is 0 Å². The van der Waals surface area contributed by atoms with E-state index in [1.807, 2.05) is 26.2 Å². The SMILES string of the molecule is CN(C)Sc1ccc(N2CC(O)C(O)C2)c(-c2cc3ccccc3[nH]2)c1. The van der Waals surface area contributed by atoms with Gasteiger partial charge in [-0.05, 0) is 56.4 Å². The summed E-state index contributed by atoms with van der Waals surface area (Å²) in [6.07, 6.45) is -1.41. The molecule has 4 rings (SSSR count). The highest BCUT2D eigenvalue weighted by Gasteiger charge is 2.31. The van der Waals surface area contributed by atoms with Gasteiger partial charge >= 0.3 is 0 Å². The molecule has 1 aromatic heterocycles. The first-order valence-corrected chi connectivity index (χ1v) is 9.47. The number of hydrogen-bond donors (Lipinski definition) is 3. The first-order chi connectivity index (χ1) is 12.5. The molecule has 2 unspecified atom stereocenters. The highest BCUT2D eigenvalue weighted by atomic mass is 32.2. The summed E-state index contributed by atoms with van der Waals surface area (Å²) in [4.78, 5) is 6.71. The van der Waals surface area contributed by atoms with Crippen LogP contribution in [-0.4, -0.2) is 58.9 Å². The van der Waals surface area contributed by atoms with Crippen LogP contribution in [0, 0.1) is 0 Å². The predicted octanol–water partition coefficient (Wildman–Crippen LogP) is 2.95. The van der Waals surface area contributed by atoms with Crippen LogP contribution in [0.25, 0.3) is 22.2 Å². The van der Waals surface area contributed by atoms with E-state index >= 15 is 0 Å². The summed E-state index contributed by atoms with van der Waals surface area (Å²) < 4.78 is 2.06. The third-order valence-corrected chi connectivity index (χ3v) is 5.51. The summed E-state index contributed by atoms with van der Waals surface area (Å²) in [5, 5.41) is 21.1. The zero-order chi connectivity index (χ0) is 18.3. The lowest BCUT2D eigenvalue weighted by molar-refractivity contribution is 0.0572. The standard InChI is InChI=1S/C20H23N3O2S/c1-22(2)26-14-7-8-18(23-11-19(24)20(25)12-23)15(10-14)17-9-13-5-3-4-6-16(13)21-17/h3-10,19-21,24-25H,11-12H2,1-2H3. The minimum Gasteiger partial charge on any atom is -0.389 e. The first kappa shape index (κ1) is 17.4. The van der Waals surface area contributed by atoms with Gasteiger partial charge in [0.05, 0.1) is 12.2 Å². The van der Waals surface area contributed by atoms with E-state index in [2.05, 4.69) is 50.6 Å². The van der Waals surface area contributed by atoms with Gasteiger partial charge in [0.1, 0.15) is 0 Å². The molecule has 26 heavy (non-hydrogen) atoms. The number of aromatic nitrogens is 1. The minimum atomic E-state index is -0.707. The van der Waals surface area contributed by atoms with Crippen LogP contribution in [0.2, 0.25) is 0 Å². The smallest absolute Gasteiger partial charge is 0.0990 e. The van der Waals surface area contributed by atoms with Gasteiger partial charge < -0.3 is 20.1 Å². The van der Waals surface area contributed by atoms with E-state index in [-0.39, 0.29) is 0 Å². The van der Waals surface area contributed by atoms with E-state index < -0.39 is 12.2 Å². The summed E-state index contributed by atoms with van der Waals surface area (Å²) in [6, 6.07) is 16.7. The summed E-state index contributed by atoms with van der Waals surface area (Å²) in [5.74, 6) is 0. The Balaban J connectivity index is 1.80. The Morgan fingerprint density at radius 1 is 1.04 bits per heavy atom. The molecule has 2 heterocycles. The summed E-state index contributed by atoms with van der Waals surface area (Å²) in [5.41, 5.74) is 4.24. The maximum Gasteiger partial charge on any atom is 0.0990 e. The van der Waals surface area contributed by atoms with Gasteiger partial charge in [-0.25, -0.2) is 0 Å².